The first-order valence-corrected chi connectivity index (χ1v) is 6.34. The fourth-order valence-corrected chi connectivity index (χ4v) is 1.79. The molecule has 0 bridgehead atoms. The molecule has 0 aromatic heterocycles. The largest absolute Gasteiger partial charge is 0.507 e. The van der Waals surface area contributed by atoms with Crippen LogP contribution >= 0.6 is 0 Å². The zero-order chi connectivity index (χ0) is 15.1. The van der Waals surface area contributed by atoms with Gasteiger partial charge in [0.05, 0.1) is 13.2 Å². The van der Waals surface area contributed by atoms with Gasteiger partial charge in [0, 0.05) is 24.2 Å². The molecule has 7 nitrogen and oxygen atoms in total. The Morgan fingerprint density at radius 2 is 1.35 bits per heavy atom. The quantitative estimate of drug-likeness (QED) is 0.290. The van der Waals surface area contributed by atoms with E-state index in [4.69, 9.17) is 10.2 Å². The highest BCUT2D eigenvalue weighted by molar-refractivity contribution is 5.43. The monoisotopic (exact) mass is 286 g/mol. The smallest absolute Gasteiger partial charge is 0.128 e. The Bertz CT molecular complexity index is 392. The summed E-state index contributed by atoms with van der Waals surface area (Å²) in [4.78, 5) is 0. The molecular weight excluding hydrogens is 264 g/mol. The number of benzene rings is 1. The summed E-state index contributed by atoms with van der Waals surface area (Å²) in [7, 11) is 0. The maximum Gasteiger partial charge on any atom is 0.128 e. The minimum absolute atomic E-state index is 0.0471. The van der Waals surface area contributed by atoms with Crippen molar-refractivity contribution in [2.75, 3.05) is 13.2 Å². The number of phenolic OH excluding ortho intramolecular Hbond substituents is 1. The summed E-state index contributed by atoms with van der Waals surface area (Å²) in [6.45, 7) is 1.43. The Morgan fingerprint density at radius 3 is 1.70 bits per heavy atom. The standard InChI is InChI=1S/C13H22N2O5/c1-8-2-9(4-14-11(18)6-16)13(20)10(3-8)5-15-12(19)7-17/h2-3,11-12,14-20H,4-7H2,1H3. The first kappa shape index (κ1) is 16.8. The van der Waals surface area contributed by atoms with Crippen molar-refractivity contribution < 1.29 is 25.5 Å². The fraction of sp³-hybridized carbons (Fsp3) is 0.538. The average molecular weight is 286 g/mol. The van der Waals surface area contributed by atoms with Gasteiger partial charge in [0.2, 0.25) is 0 Å². The van der Waals surface area contributed by atoms with Gasteiger partial charge in [-0.05, 0) is 6.92 Å². The lowest BCUT2D eigenvalue weighted by atomic mass is 10.0. The number of nitrogens with one attached hydrogen (secondary N) is 2. The van der Waals surface area contributed by atoms with Crippen LogP contribution in [-0.4, -0.2) is 51.2 Å². The fourth-order valence-electron chi connectivity index (χ4n) is 1.79. The maximum absolute atomic E-state index is 10.1. The van der Waals surface area contributed by atoms with Crippen LogP contribution in [0, 0.1) is 6.92 Å². The molecule has 114 valence electrons. The first-order valence-electron chi connectivity index (χ1n) is 6.34. The molecular formula is C13H22N2O5. The van der Waals surface area contributed by atoms with Gasteiger partial charge in [-0.15, -0.1) is 0 Å². The van der Waals surface area contributed by atoms with Gasteiger partial charge in [-0.1, -0.05) is 17.7 Å². The van der Waals surface area contributed by atoms with Crippen molar-refractivity contribution in [3.8, 4) is 5.75 Å². The normalized spacial score (nSPS) is 14.2. The van der Waals surface area contributed by atoms with E-state index in [9.17, 15) is 15.3 Å². The lowest BCUT2D eigenvalue weighted by Crippen LogP contribution is -2.32. The first-order chi connectivity index (χ1) is 9.47. The molecule has 0 heterocycles. The number of hydrogen-bond donors (Lipinski definition) is 7. The number of hydrogen-bond acceptors (Lipinski definition) is 7. The minimum Gasteiger partial charge on any atom is -0.507 e. The molecule has 1 aromatic carbocycles. The summed E-state index contributed by atoms with van der Waals surface area (Å²) in [6, 6.07) is 3.52. The van der Waals surface area contributed by atoms with Crippen molar-refractivity contribution in [2.24, 2.45) is 0 Å². The summed E-state index contributed by atoms with van der Waals surface area (Å²) in [5, 5.41) is 51.4. The number of rotatable bonds is 8. The molecule has 1 rings (SSSR count). The summed E-state index contributed by atoms with van der Waals surface area (Å²) >= 11 is 0. The third-order valence-electron chi connectivity index (χ3n) is 2.81. The molecule has 0 aliphatic heterocycles. The molecule has 1 aromatic rings. The average Bonchev–Trinajstić information content (AvgIpc) is 2.45. The van der Waals surface area contributed by atoms with Crippen molar-refractivity contribution >= 4 is 0 Å². The van der Waals surface area contributed by atoms with Gasteiger partial charge in [0.1, 0.15) is 18.2 Å². The van der Waals surface area contributed by atoms with Crippen LogP contribution in [0.15, 0.2) is 12.1 Å². The summed E-state index contributed by atoms with van der Waals surface area (Å²) in [5.41, 5.74) is 2.06. The van der Waals surface area contributed by atoms with Crippen LogP contribution in [0.2, 0.25) is 0 Å². The number of aryl methyl sites for hydroxylation is 1. The molecule has 0 saturated heterocycles. The molecule has 2 atom stereocenters. The van der Waals surface area contributed by atoms with Crippen LogP contribution in [0.25, 0.3) is 0 Å². The van der Waals surface area contributed by atoms with Crippen molar-refractivity contribution in [1.29, 1.82) is 0 Å². The van der Waals surface area contributed by atoms with Crippen molar-refractivity contribution in [2.45, 2.75) is 32.5 Å². The second kappa shape index (κ2) is 8.15. The molecule has 0 saturated carbocycles. The zero-order valence-electron chi connectivity index (χ0n) is 11.4. The molecule has 7 heteroatoms. The molecule has 0 spiro atoms. The summed E-state index contributed by atoms with van der Waals surface area (Å²) in [5.74, 6) is 0.0471. The third kappa shape index (κ3) is 5.04. The molecule has 20 heavy (non-hydrogen) atoms. The predicted octanol–water partition coefficient (Wildman–Crippen LogP) is -1.50. The molecule has 0 radical (unpaired) electrons. The van der Waals surface area contributed by atoms with E-state index in [-0.39, 0.29) is 18.8 Å². The van der Waals surface area contributed by atoms with E-state index in [2.05, 4.69) is 10.6 Å². The minimum atomic E-state index is -1.05. The number of aromatic hydroxyl groups is 1. The van der Waals surface area contributed by atoms with E-state index < -0.39 is 25.7 Å². The van der Waals surface area contributed by atoms with Gasteiger partial charge in [0.25, 0.3) is 0 Å². The van der Waals surface area contributed by atoms with E-state index in [0.29, 0.717) is 11.1 Å². The molecule has 7 N–H and O–H groups in total. The zero-order valence-corrected chi connectivity index (χ0v) is 11.4. The van der Waals surface area contributed by atoms with Crippen molar-refractivity contribution in [1.82, 2.24) is 10.6 Å². The molecule has 0 aliphatic rings. The van der Waals surface area contributed by atoms with Crippen LogP contribution in [0.5, 0.6) is 5.75 Å². The van der Waals surface area contributed by atoms with Gasteiger partial charge in [-0.25, -0.2) is 0 Å². The molecule has 0 aliphatic carbocycles. The van der Waals surface area contributed by atoms with Crippen molar-refractivity contribution in [3.05, 3.63) is 28.8 Å². The number of phenols is 1. The topological polar surface area (TPSA) is 125 Å². The Kier molecular flexibility index (Phi) is 6.86. The Morgan fingerprint density at radius 1 is 0.950 bits per heavy atom. The Hall–Kier alpha value is -1.22. The van der Waals surface area contributed by atoms with Crippen LogP contribution in [0.3, 0.4) is 0 Å². The van der Waals surface area contributed by atoms with Crippen LogP contribution < -0.4 is 10.6 Å². The van der Waals surface area contributed by atoms with Gasteiger partial charge < -0.3 is 25.5 Å². The summed E-state index contributed by atoms with van der Waals surface area (Å²) in [6.07, 6.45) is -2.10. The van der Waals surface area contributed by atoms with Gasteiger partial charge >= 0.3 is 0 Å². The van der Waals surface area contributed by atoms with E-state index in [1.165, 1.54) is 0 Å². The highest BCUT2D eigenvalue weighted by Crippen LogP contribution is 2.24. The maximum atomic E-state index is 10.1. The predicted molar refractivity (Wildman–Crippen MR) is 72.7 cm³/mol. The second-order valence-electron chi connectivity index (χ2n) is 4.59. The molecule has 0 amide bonds. The SMILES string of the molecule is Cc1cc(CNC(O)CO)c(O)c(CNC(O)CO)c1. The second-order valence-corrected chi connectivity index (χ2v) is 4.59. The van der Waals surface area contributed by atoms with E-state index >= 15 is 0 Å². The number of aliphatic hydroxyl groups is 4. The highest BCUT2D eigenvalue weighted by Gasteiger charge is 2.11. The highest BCUT2D eigenvalue weighted by atomic mass is 16.3. The third-order valence-corrected chi connectivity index (χ3v) is 2.81. The van der Waals surface area contributed by atoms with Crippen molar-refractivity contribution in [3.63, 3.8) is 0 Å². The Labute approximate surface area is 117 Å². The molecule has 2 unspecified atom stereocenters. The van der Waals surface area contributed by atoms with Crippen LogP contribution in [0.1, 0.15) is 16.7 Å². The molecule has 0 fully saturated rings. The van der Waals surface area contributed by atoms with E-state index in [1.54, 1.807) is 12.1 Å². The lowest BCUT2D eigenvalue weighted by Gasteiger charge is -2.16. The number of aliphatic hydroxyl groups excluding tert-OH is 4. The summed E-state index contributed by atoms with van der Waals surface area (Å²) < 4.78 is 0. The Balaban J connectivity index is 2.78. The van der Waals surface area contributed by atoms with Crippen LogP contribution in [0.4, 0.5) is 0 Å². The van der Waals surface area contributed by atoms with Gasteiger partial charge in [-0.2, -0.15) is 0 Å². The van der Waals surface area contributed by atoms with Gasteiger partial charge in [0.15, 0.2) is 0 Å². The van der Waals surface area contributed by atoms with Crippen LogP contribution in [-0.2, 0) is 13.1 Å². The van der Waals surface area contributed by atoms with E-state index in [1.807, 2.05) is 6.92 Å². The van der Waals surface area contributed by atoms with Gasteiger partial charge in [-0.3, -0.25) is 10.6 Å². The van der Waals surface area contributed by atoms with E-state index in [0.717, 1.165) is 5.56 Å². The lowest BCUT2D eigenvalue weighted by molar-refractivity contribution is 0.0658.